The van der Waals surface area contributed by atoms with Gasteiger partial charge in [-0.1, -0.05) is 6.92 Å². The SMILES string of the molecule is CCNCC1COc2c(F)cc(F)cc2O1. The van der Waals surface area contributed by atoms with E-state index in [1.807, 2.05) is 6.92 Å². The van der Waals surface area contributed by atoms with Gasteiger partial charge in [0.1, 0.15) is 18.5 Å². The van der Waals surface area contributed by atoms with Crippen LogP contribution in [0.2, 0.25) is 0 Å². The number of hydrogen-bond acceptors (Lipinski definition) is 3. The molecule has 1 heterocycles. The van der Waals surface area contributed by atoms with Gasteiger partial charge in [0.25, 0.3) is 0 Å². The van der Waals surface area contributed by atoms with Crippen LogP contribution in [0.5, 0.6) is 11.5 Å². The van der Waals surface area contributed by atoms with Crippen molar-refractivity contribution >= 4 is 0 Å². The molecule has 0 saturated carbocycles. The second-order valence-electron chi connectivity index (χ2n) is 3.57. The van der Waals surface area contributed by atoms with Crippen molar-refractivity contribution in [2.45, 2.75) is 13.0 Å². The molecule has 0 aromatic heterocycles. The largest absolute Gasteiger partial charge is 0.483 e. The average molecular weight is 229 g/mol. The smallest absolute Gasteiger partial charge is 0.197 e. The van der Waals surface area contributed by atoms with E-state index in [0.717, 1.165) is 18.7 Å². The highest BCUT2D eigenvalue weighted by Crippen LogP contribution is 2.34. The topological polar surface area (TPSA) is 30.5 Å². The summed E-state index contributed by atoms with van der Waals surface area (Å²) in [7, 11) is 0. The van der Waals surface area contributed by atoms with Crippen LogP contribution in [0, 0.1) is 11.6 Å². The Bertz CT molecular complexity index is 384. The Labute approximate surface area is 92.4 Å². The number of hydrogen-bond donors (Lipinski definition) is 1. The van der Waals surface area contributed by atoms with E-state index in [4.69, 9.17) is 9.47 Å². The molecule has 1 unspecified atom stereocenters. The summed E-state index contributed by atoms with van der Waals surface area (Å²) in [5, 5.41) is 3.09. The van der Waals surface area contributed by atoms with Crippen LogP contribution >= 0.6 is 0 Å². The molecule has 0 radical (unpaired) electrons. The second kappa shape index (κ2) is 4.65. The van der Waals surface area contributed by atoms with Crippen LogP contribution in [0.25, 0.3) is 0 Å². The lowest BCUT2D eigenvalue weighted by Gasteiger charge is -2.26. The van der Waals surface area contributed by atoms with Crippen LogP contribution in [0.4, 0.5) is 8.78 Å². The number of benzene rings is 1. The van der Waals surface area contributed by atoms with E-state index in [1.54, 1.807) is 0 Å². The highest BCUT2D eigenvalue weighted by Gasteiger charge is 2.24. The molecule has 0 bridgehead atoms. The van der Waals surface area contributed by atoms with E-state index in [2.05, 4.69) is 5.32 Å². The van der Waals surface area contributed by atoms with Crippen molar-refractivity contribution in [3.8, 4) is 11.5 Å². The van der Waals surface area contributed by atoms with Gasteiger partial charge in [0.2, 0.25) is 0 Å². The van der Waals surface area contributed by atoms with E-state index >= 15 is 0 Å². The maximum Gasteiger partial charge on any atom is 0.197 e. The van der Waals surface area contributed by atoms with Gasteiger partial charge in [-0.3, -0.25) is 0 Å². The second-order valence-corrected chi connectivity index (χ2v) is 3.57. The molecule has 88 valence electrons. The molecule has 5 heteroatoms. The first-order valence-corrected chi connectivity index (χ1v) is 5.20. The maximum atomic E-state index is 13.3. The molecule has 1 aliphatic heterocycles. The number of halogens is 2. The highest BCUT2D eigenvalue weighted by atomic mass is 19.1. The quantitative estimate of drug-likeness (QED) is 0.856. The fourth-order valence-corrected chi connectivity index (χ4v) is 1.56. The minimum absolute atomic E-state index is 0.00542. The Morgan fingerprint density at radius 3 is 3.00 bits per heavy atom. The monoisotopic (exact) mass is 229 g/mol. The van der Waals surface area contributed by atoms with Crippen molar-refractivity contribution in [2.75, 3.05) is 19.7 Å². The van der Waals surface area contributed by atoms with Crippen molar-refractivity contribution in [1.29, 1.82) is 0 Å². The van der Waals surface area contributed by atoms with Crippen LogP contribution in [0.1, 0.15) is 6.92 Å². The molecular formula is C11H13F2NO2. The van der Waals surface area contributed by atoms with Gasteiger partial charge >= 0.3 is 0 Å². The standard InChI is InChI=1S/C11H13F2NO2/c1-2-14-5-8-6-15-11-9(13)3-7(12)4-10(11)16-8/h3-4,8,14H,2,5-6H2,1H3. The van der Waals surface area contributed by atoms with Crippen LogP contribution in [-0.2, 0) is 0 Å². The van der Waals surface area contributed by atoms with Gasteiger partial charge in [0.15, 0.2) is 17.3 Å². The normalized spacial score (nSPS) is 18.6. The Kier molecular flexibility index (Phi) is 3.24. The number of ether oxygens (including phenoxy) is 2. The molecule has 1 aromatic carbocycles. The van der Waals surface area contributed by atoms with Gasteiger partial charge in [-0.15, -0.1) is 0 Å². The lowest BCUT2D eigenvalue weighted by atomic mass is 10.2. The molecule has 0 spiro atoms. The minimum atomic E-state index is -0.725. The predicted octanol–water partition coefficient (Wildman–Crippen LogP) is 1.71. The molecule has 1 N–H and O–H groups in total. The molecule has 0 fully saturated rings. The summed E-state index contributed by atoms with van der Waals surface area (Å²) in [6.07, 6.45) is -0.214. The number of nitrogens with one attached hydrogen (secondary N) is 1. The Hall–Kier alpha value is -1.36. The Balaban J connectivity index is 2.13. The Morgan fingerprint density at radius 1 is 1.44 bits per heavy atom. The summed E-state index contributed by atoms with van der Waals surface area (Å²) in [4.78, 5) is 0. The van der Waals surface area contributed by atoms with Crippen molar-refractivity contribution in [2.24, 2.45) is 0 Å². The van der Waals surface area contributed by atoms with Crippen LogP contribution in [0.15, 0.2) is 12.1 Å². The van der Waals surface area contributed by atoms with Crippen molar-refractivity contribution in [3.05, 3.63) is 23.8 Å². The van der Waals surface area contributed by atoms with E-state index in [-0.39, 0.29) is 24.2 Å². The molecule has 3 nitrogen and oxygen atoms in total. The molecule has 16 heavy (non-hydrogen) atoms. The third-order valence-electron chi connectivity index (χ3n) is 2.30. The third kappa shape index (κ3) is 2.24. The minimum Gasteiger partial charge on any atom is -0.483 e. The predicted molar refractivity (Wildman–Crippen MR) is 54.8 cm³/mol. The number of likely N-dealkylation sites (N-methyl/N-ethyl adjacent to an activating group) is 1. The molecule has 1 atom stereocenters. The molecule has 2 rings (SSSR count). The summed E-state index contributed by atoms with van der Waals surface area (Å²) in [5.74, 6) is -1.26. The van der Waals surface area contributed by atoms with Crippen molar-refractivity contribution in [3.63, 3.8) is 0 Å². The van der Waals surface area contributed by atoms with E-state index in [0.29, 0.717) is 6.54 Å². The molecule has 0 aliphatic carbocycles. The van der Waals surface area contributed by atoms with E-state index in [1.165, 1.54) is 0 Å². The molecule has 0 amide bonds. The van der Waals surface area contributed by atoms with Gasteiger partial charge in [0, 0.05) is 18.7 Å². The van der Waals surface area contributed by atoms with E-state index in [9.17, 15) is 8.78 Å². The van der Waals surface area contributed by atoms with Gasteiger partial charge in [-0.2, -0.15) is 0 Å². The van der Waals surface area contributed by atoms with Crippen molar-refractivity contribution in [1.82, 2.24) is 5.32 Å². The van der Waals surface area contributed by atoms with Crippen LogP contribution in [0.3, 0.4) is 0 Å². The number of fused-ring (bicyclic) bond motifs is 1. The van der Waals surface area contributed by atoms with Gasteiger partial charge in [0.05, 0.1) is 0 Å². The zero-order chi connectivity index (χ0) is 11.5. The van der Waals surface area contributed by atoms with Crippen LogP contribution in [-0.4, -0.2) is 25.8 Å². The first-order valence-electron chi connectivity index (χ1n) is 5.20. The third-order valence-corrected chi connectivity index (χ3v) is 2.30. The maximum absolute atomic E-state index is 13.3. The molecule has 0 saturated heterocycles. The van der Waals surface area contributed by atoms with Crippen LogP contribution < -0.4 is 14.8 Å². The van der Waals surface area contributed by atoms with Gasteiger partial charge in [-0.05, 0) is 6.54 Å². The fraction of sp³-hybridized carbons (Fsp3) is 0.455. The summed E-state index contributed by atoms with van der Waals surface area (Å²) in [6, 6.07) is 1.92. The number of rotatable bonds is 3. The lowest BCUT2D eigenvalue weighted by Crippen LogP contribution is -2.38. The first-order chi connectivity index (χ1) is 7.70. The van der Waals surface area contributed by atoms with Gasteiger partial charge < -0.3 is 14.8 Å². The van der Waals surface area contributed by atoms with Gasteiger partial charge in [-0.25, -0.2) is 8.78 Å². The summed E-state index contributed by atoms with van der Waals surface area (Å²) in [5.41, 5.74) is 0. The van der Waals surface area contributed by atoms with E-state index < -0.39 is 11.6 Å². The fourth-order valence-electron chi connectivity index (χ4n) is 1.56. The Morgan fingerprint density at radius 2 is 2.25 bits per heavy atom. The zero-order valence-electron chi connectivity index (χ0n) is 8.93. The zero-order valence-corrected chi connectivity index (χ0v) is 8.93. The summed E-state index contributed by atoms with van der Waals surface area (Å²) in [6.45, 7) is 3.64. The van der Waals surface area contributed by atoms with Crippen molar-refractivity contribution < 1.29 is 18.3 Å². The lowest BCUT2D eigenvalue weighted by molar-refractivity contribution is 0.0859. The average Bonchev–Trinajstić information content (AvgIpc) is 2.25. The molecule has 1 aliphatic rings. The first kappa shape index (κ1) is 11.1. The molecule has 1 aromatic rings. The summed E-state index contributed by atoms with van der Waals surface area (Å²) < 4.78 is 36.8. The molecular weight excluding hydrogens is 216 g/mol. The highest BCUT2D eigenvalue weighted by molar-refractivity contribution is 5.42. The summed E-state index contributed by atoms with van der Waals surface area (Å²) >= 11 is 0.